The first-order valence-corrected chi connectivity index (χ1v) is 9.76. The van der Waals surface area contributed by atoms with Crippen LogP contribution in [0.25, 0.3) is 0 Å². The molecular formula is C23H25NO5. The normalized spacial score (nSPS) is 17.1. The maximum Gasteiger partial charge on any atom is 0.311 e. The third kappa shape index (κ3) is 5.02. The van der Waals surface area contributed by atoms with Crippen molar-refractivity contribution in [1.82, 2.24) is 4.90 Å². The number of hydrogen-bond donors (Lipinski definition) is 0. The predicted molar refractivity (Wildman–Crippen MR) is 108 cm³/mol. The van der Waals surface area contributed by atoms with E-state index in [1.807, 2.05) is 44.2 Å². The number of ketones is 1. The fraction of sp³-hybridized carbons (Fsp3) is 0.348. The summed E-state index contributed by atoms with van der Waals surface area (Å²) < 4.78 is 10.5. The lowest BCUT2D eigenvalue weighted by Crippen LogP contribution is -2.30. The van der Waals surface area contributed by atoms with Crippen molar-refractivity contribution in [3.05, 3.63) is 65.7 Å². The maximum absolute atomic E-state index is 12.4. The van der Waals surface area contributed by atoms with Crippen molar-refractivity contribution in [1.29, 1.82) is 0 Å². The van der Waals surface area contributed by atoms with Gasteiger partial charge in [-0.05, 0) is 43.7 Å². The van der Waals surface area contributed by atoms with Crippen LogP contribution in [0.1, 0.15) is 42.2 Å². The van der Waals surface area contributed by atoms with Crippen LogP contribution in [0.5, 0.6) is 5.75 Å². The van der Waals surface area contributed by atoms with Gasteiger partial charge in [0.15, 0.2) is 12.4 Å². The highest BCUT2D eigenvalue weighted by atomic mass is 16.5. The molecule has 0 aliphatic carbocycles. The molecule has 1 amide bonds. The van der Waals surface area contributed by atoms with Crippen LogP contribution >= 0.6 is 0 Å². The minimum atomic E-state index is -0.554. The van der Waals surface area contributed by atoms with Crippen molar-refractivity contribution in [3.8, 4) is 5.75 Å². The topological polar surface area (TPSA) is 72.9 Å². The van der Waals surface area contributed by atoms with Crippen molar-refractivity contribution in [2.75, 3.05) is 19.8 Å². The maximum atomic E-state index is 12.4. The van der Waals surface area contributed by atoms with E-state index in [-0.39, 0.29) is 30.8 Å². The molecule has 6 heteroatoms. The SMILES string of the molecule is CCOc1ccc(C(=O)COC(=O)[C@H]2CC(=O)N([C@@H](C)c3ccccc3)C2)cc1. The van der Waals surface area contributed by atoms with Gasteiger partial charge in [-0.15, -0.1) is 0 Å². The lowest BCUT2D eigenvalue weighted by atomic mass is 10.1. The molecule has 6 nitrogen and oxygen atoms in total. The predicted octanol–water partition coefficient (Wildman–Crippen LogP) is 3.42. The van der Waals surface area contributed by atoms with Crippen molar-refractivity contribution >= 4 is 17.7 Å². The zero-order valence-electron chi connectivity index (χ0n) is 16.7. The molecule has 2 atom stereocenters. The first-order valence-electron chi connectivity index (χ1n) is 9.76. The fourth-order valence-electron chi connectivity index (χ4n) is 3.42. The molecule has 1 aliphatic heterocycles. The number of hydrogen-bond acceptors (Lipinski definition) is 5. The Labute approximate surface area is 170 Å². The standard InChI is InChI=1S/C23H25NO5/c1-3-28-20-11-9-18(10-12-20)21(25)15-29-23(27)19-13-22(26)24(14-19)16(2)17-7-5-4-6-8-17/h4-12,16,19H,3,13-15H2,1-2H3/t16-,19-/m0/s1. The highest BCUT2D eigenvalue weighted by Crippen LogP contribution is 2.29. The van der Waals surface area contributed by atoms with Gasteiger partial charge in [0, 0.05) is 18.5 Å². The smallest absolute Gasteiger partial charge is 0.311 e. The Kier molecular flexibility index (Phi) is 6.65. The zero-order valence-corrected chi connectivity index (χ0v) is 16.7. The van der Waals surface area contributed by atoms with E-state index in [0.717, 1.165) is 5.56 Å². The summed E-state index contributed by atoms with van der Waals surface area (Å²) in [4.78, 5) is 38.7. The summed E-state index contributed by atoms with van der Waals surface area (Å²) in [5, 5.41) is 0. The molecular weight excluding hydrogens is 370 g/mol. The van der Waals surface area contributed by atoms with Crippen LogP contribution in [-0.4, -0.2) is 42.3 Å². The van der Waals surface area contributed by atoms with Crippen molar-refractivity contribution in [2.24, 2.45) is 5.92 Å². The monoisotopic (exact) mass is 395 g/mol. The van der Waals surface area contributed by atoms with E-state index in [1.165, 1.54) is 0 Å². The lowest BCUT2D eigenvalue weighted by Gasteiger charge is -2.25. The van der Waals surface area contributed by atoms with E-state index in [2.05, 4.69) is 0 Å². The van der Waals surface area contributed by atoms with Gasteiger partial charge in [0.1, 0.15) is 5.75 Å². The number of carbonyl (C=O) groups is 3. The molecule has 2 aromatic rings. The summed E-state index contributed by atoms with van der Waals surface area (Å²) in [7, 11) is 0. The quantitative estimate of drug-likeness (QED) is 0.506. The molecule has 1 aliphatic rings. The largest absolute Gasteiger partial charge is 0.494 e. The second kappa shape index (κ2) is 9.37. The molecule has 1 heterocycles. The minimum absolute atomic E-state index is 0.0823. The van der Waals surface area contributed by atoms with E-state index in [1.54, 1.807) is 29.2 Å². The van der Waals surface area contributed by atoms with Crippen LogP contribution in [-0.2, 0) is 14.3 Å². The van der Waals surface area contributed by atoms with E-state index in [0.29, 0.717) is 24.5 Å². The highest BCUT2D eigenvalue weighted by Gasteiger charge is 2.38. The molecule has 0 N–H and O–H groups in total. The highest BCUT2D eigenvalue weighted by molar-refractivity contribution is 5.98. The van der Waals surface area contributed by atoms with Crippen LogP contribution in [0.2, 0.25) is 0 Å². The van der Waals surface area contributed by atoms with Gasteiger partial charge in [0.2, 0.25) is 5.91 Å². The summed E-state index contributed by atoms with van der Waals surface area (Å²) in [6, 6.07) is 16.3. The van der Waals surface area contributed by atoms with Gasteiger partial charge in [-0.1, -0.05) is 30.3 Å². The number of nitrogens with zero attached hydrogens (tertiary/aromatic N) is 1. The Morgan fingerprint density at radius 3 is 2.45 bits per heavy atom. The number of likely N-dealkylation sites (tertiary alicyclic amines) is 1. The Balaban J connectivity index is 1.53. The fourth-order valence-corrected chi connectivity index (χ4v) is 3.42. The van der Waals surface area contributed by atoms with E-state index >= 15 is 0 Å². The van der Waals surface area contributed by atoms with E-state index in [4.69, 9.17) is 9.47 Å². The van der Waals surface area contributed by atoms with E-state index in [9.17, 15) is 14.4 Å². The lowest BCUT2D eigenvalue weighted by molar-refractivity contribution is -0.147. The number of amides is 1. The summed E-state index contributed by atoms with van der Waals surface area (Å²) in [6.45, 7) is 4.33. The molecule has 1 saturated heterocycles. The molecule has 152 valence electrons. The van der Waals surface area contributed by atoms with Crippen LogP contribution in [0.4, 0.5) is 0 Å². The Morgan fingerprint density at radius 2 is 1.79 bits per heavy atom. The van der Waals surface area contributed by atoms with Crippen LogP contribution in [0.15, 0.2) is 54.6 Å². The first-order chi connectivity index (χ1) is 14.0. The van der Waals surface area contributed by atoms with Gasteiger partial charge < -0.3 is 14.4 Å². The number of esters is 1. The second-order valence-corrected chi connectivity index (χ2v) is 7.02. The summed E-state index contributed by atoms with van der Waals surface area (Å²) in [6.07, 6.45) is 0.104. The van der Waals surface area contributed by atoms with Crippen molar-refractivity contribution in [3.63, 3.8) is 0 Å². The summed E-state index contributed by atoms with van der Waals surface area (Å²) >= 11 is 0. The number of benzene rings is 2. The molecule has 0 unspecified atom stereocenters. The molecule has 0 aromatic heterocycles. The molecule has 2 aromatic carbocycles. The average Bonchev–Trinajstić information content (AvgIpc) is 3.14. The molecule has 0 spiro atoms. The summed E-state index contributed by atoms with van der Waals surface area (Å²) in [5.74, 6) is -0.762. The molecule has 29 heavy (non-hydrogen) atoms. The number of rotatable bonds is 8. The van der Waals surface area contributed by atoms with Crippen LogP contribution in [0.3, 0.4) is 0 Å². The molecule has 0 bridgehead atoms. The number of ether oxygens (including phenoxy) is 2. The zero-order chi connectivity index (χ0) is 20.8. The molecule has 0 radical (unpaired) electrons. The summed E-state index contributed by atoms with van der Waals surface area (Å²) in [5.41, 5.74) is 1.46. The molecule has 0 saturated carbocycles. The van der Waals surface area contributed by atoms with Gasteiger partial charge in [-0.3, -0.25) is 14.4 Å². The number of Topliss-reactive ketones (excluding diaryl/α,β-unsaturated/α-hetero) is 1. The van der Waals surface area contributed by atoms with Gasteiger partial charge >= 0.3 is 5.97 Å². The van der Waals surface area contributed by atoms with Gasteiger partial charge in [-0.25, -0.2) is 0 Å². The first kappa shape index (κ1) is 20.6. The Bertz CT molecular complexity index is 863. The number of carbonyl (C=O) groups excluding carboxylic acids is 3. The Morgan fingerprint density at radius 1 is 1.10 bits per heavy atom. The van der Waals surface area contributed by atoms with E-state index < -0.39 is 11.9 Å². The second-order valence-electron chi connectivity index (χ2n) is 7.02. The third-order valence-corrected chi connectivity index (χ3v) is 5.07. The molecule has 3 rings (SSSR count). The van der Waals surface area contributed by atoms with Crippen molar-refractivity contribution in [2.45, 2.75) is 26.3 Å². The van der Waals surface area contributed by atoms with Crippen molar-refractivity contribution < 1.29 is 23.9 Å². The van der Waals surface area contributed by atoms with Gasteiger partial charge in [0.25, 0.3) is 0 Å². The van der Waals surface area contributed by atoms with Crippen LogP contribution in [0, 0.1) is 5.92 Å². The minimum Gasteiger partial charge on any atom is -0.494 e. The van der Waals surface area contributed by atoms with Gasteiger partial charge in [-0.2, -0.15) is 0 Å². The third-order valence-electron chi connectivity index (χ3n) is 5.07. The molecule has 1 fully saturated rings. The van der Waals surface area contributed by atoms with Gasteiger partial charge in [0.05, 0.1) is 18.6 Å². The Hall–Kier alpha value is -3.15. The van der Waals surface area contributed by atoms with Crippen LogP contribution < -0.4 is 4.74 Å². The average molecular weight is 395 g/mol.